The van der Waals surface area contributed by atoms with E-state index in [0.29, 0.717) is 0 Å². The smallest absolute Gasteiger partial charge is 0.0793 e. The molecule has 0 amide bonds. The molecule has 16 heavy (non-hydrogen) atoms. The van der Waals surface area contributed by atoms with Crippen LogP contribution in [0.25, 0.3) is 0 Å². The van der Waals surface area contributed by atoms with Crippen molar-refractivity contribution in [2.24, 2.45) is 0 Å². The van der Waals surface area contributed by atoms with E-state index >= 15 is 0 Å². The Hall–Kier alpha value is -0.340. The number of fused-ring (bicyclic) bond motifs is 1. The van der Waals surface area contributed by atoms with E-state index in [9.17, 15) is 5.11 Å². The van der Waals surface area contributed by atoms with Gasteiger partial charge in [0.25, 0.3) is 0 Å². The number of aliphatic hydroxyl groups is 1. The van der Waals surface area contributed by atoms with E-state index in [2.05, 4.69) is 48.0 Å². The lowest BCUT2D eigenvalue weighted by molar-refractivity contribution is 0.139. The van der Waals surface area contributed by atoms with Crippen LogP contribution in [-0.2, 0) is 11.8 Å². The van der Waals surface area contributed by atoms with Gasteiger partial charge in [-0.05, 0) is 41.4 Å². The highest BCUT2D eigenvalue weighted by Crippen LogP contribution is 2.41. The fraction of sp³-hybridized carbons (Fsp3) is 0.571. The summed E-state index contributed by atoms with van der Waals surface area (Å²) in [4.78, 5) is 0. The van der Waals surface area contributed by atoms with Crippen LogP contribution in [0.2, 0.25) is 0 Å². The number of rotatable bonds is 2. The van der Waals surface area contributed by atoms with Crippen LogP contribution in [0.15, 0.2) is 18.2 Å². The first-order valence-electron chi connectivity index (χ1n) is 5.92. The molecule has 0 saturated heterocycles. The lowest BCUT2D eigenvalue weighted by Crippen LogP contribution is -2.26. The van der Waals surface area contributed by atoms with Crippen molar-refractivity contribution in [2.75, 3.05) is 5.33 Å². The molecule has 1 aliphatic rings. The maximum absolute atomic E-state index is 10.0. The summed E-state index contributed by atoms with van der Waals surface area (Å²) in [6, 6.07) is 6.53. The van der Waals surface area contributed by atoms with Crippen molar-refractivity contribution < 1.29 is 5.11 Å². The van der Waals surface area contributed by atoms with Crippen molar-refractivity contribution in [1.82, 2.24) is 0 Å². The molecule has 2 rings (SSSR count). The third kappa shape index (κ3) is 2.18. The third-order valence-corrected chi connectivity index (χ3v) is 4.03. The molecule has 1 aliphatic carbocycles. The monoisotopic (exact) mass is 282 g/mol. The Morgan fingerprint density at radius 2 is 2.19 bits per heavy atom. The number of hydrogen-bond acceptors (Lipinski definition) is 1. The molecule has 88 valence electrons. The van der Waals surface area contributed by atoms with E-state index in [1.807, 2.05) is 0 Å². The molecule has 0 radical (unpaired) electrons. The zero-order valence-corrected chi connectivity index (χ0v) is 11.5. The molecule has 1 N–H and O–H groups in total. The fourth-order valence-electron chi connectivity index (χ4n) is 2.53. The predicted molar refractivity (Wildman–Crippen MR) is 71.2 cm³/mol. The van der Waals surface area contributed by atoms with Crippen molar-refractivity contribution in [3.05, 3.63) is 34.9 Å². The summed E-state index contributed by atoms with van der Waals surface area (Å²) in [5.41, 5.74) is 4.04. The minimum atomic E-state index is -0.263. The van der Waals surface area contributed by atoms with Gasteiger partial charge in [0.15, 0.2) is 0 Å². The van der Waals surface area contributed by atoms with Crippen LogP contribution in [0.3, 0.4) is 0 Å². The van der Waals surface area contributed by atoms with Gasteiger partial charge < -0.3 is 5.11 Å². The predicted octanol–water partition coefficient (Wildman–Crippen LogP) is 3.73. The molecule has 1 aromatic carbocycles. The summed E-state index contributed by atoms with van der Waals surface area (Å²) < 4.78 is 0. The molecule has 1 aromatic rings. The molecule has 1 nitrogen and oxygen atoms in total. The number of aliphatic hydroxyl groups excluding tert-OH is 1. The Balaban J connectivity index is 2.45. The van der Waals surface area contributed by atoms with E-state index < -0.39 is 0 Å². The van der Waals surface area contributed by atoms with Gasteiger partial charge in [0.1, 0.15) is 0 Å². The fourth-order valence-corrected chi connectivity index (χ4v) is 2.99. The van der Waals surface area contributed by atoms with Gasteiger partial charge in [0.05, 0.1) is 6.10 Å². The average molecular weight is 283 g/mol. The summed E-state index contributed by atoms with van der Waals surface area (Å²) in [6.07, 6.45) is 2.75. The molecule has 0 aliphatic heterocycles. The highest BCUT2D eigenvalue weighted by atomic mass is 79.9. The van der Waals surface area contributed by atoms with Crippen LogP contribution in [0, 0.1) is 0 Å². The largest absolute Gasteiger partial charge is 0.388 e. The van der Waals surface area contributed by atoms with E-state index in [4.69, 9.17) is 0 Å². The van der Waals surface area contributed by atoms with E-state index in [1.54, 1.807) is 0 Å². The third-order valence-electron chi connectivity index (χ3n) is 3.63. The van der Waals surface area contributed by atoms with Crippen molar-refractivity contribution in [2.45, 2.75) is 44.6 Å². The van der Waals surface area contributed by atoms with Gasteiger partial charge in [-0.15, -0.1) is 0 Å². The van der Waals surface area contributed by atoms with Gasteiger partial charge in [-0.25, -0.2) is 0 Å². The van der Waals surface area contributed by atoms with Gasteiger partial charge >= 0.3 is 0 Å². The number of hydrogen-bond donors (Lipinski definition) is 1. The van der Waals surface area contributed by atoms with Crippen molar-refractivity contribution >= 4 is 15.9 Å². The first-order chi connectivity index (χ1) is 7.54. The summed E-state index contributed by atoms with van der Waals surface area (Å²) in [6.45, 7) is 4.55. The topological polar surface area (TPSA) is 20.2 Å². The van der Waals surface area contributed by atoms with E-state index in [0.717, 1.165) is 30.2 Å². The van der Waals surface area contributed by atoms with Gasteiger partial charge in [-0.1, -0.05) is 48.0 Å². The van der Waals surface area contributed by atoms with Crippen LogP contribution in [0.5, 0.6) is 0 Å². The Labute approximate surface area is 106 Å². The first kappa shape index (κ1) is 12.1. The van der Waals surface area contributed by atoms with E-state index in [-0.39, 0.29) is 11.5 Å². The molecular formula is C14H19BrO. The molecule has 0 bridgehead atoms. The van der Waals surface area contributed by atoms with Crippen LogP contribution < -0.4 is 0 Å². The number of alkyl halides is 1. The first-order valence-corrected chi connectivity index (χ1v) is 7.04. The van der Waals surface area contributed by atoms with Crippen LogP contribution in [0.1, 0.15) is 49.5 Å². The quantitative estimate of drug-likeness (QED) is 0.820. The Bertz CT molecular complexity index is 384. The SMILES string of the molecule is CC1(C)CCC(O)c2ccc(CCBr)cc21. The van der Waals surface area contributed by atoms with Crippen molar-refractivity contribution in [1.29, 1.82) is 0 Å². The zero-order valence-electron chi connectivity index (χ0n) is 9.96. The van der Waals surface area contributed by atoms with Gasteiger partial charge in [-0.3, -0.25) is 0 Å². The summed E-state index contributed by atoms with van der Waals surface area (Å²) in [5, 5.41) is 11.0. The molecule has 0 saturated carbocycles. The van der Waals surface area contributed by atoms with Crippen LogP contribution in [-0.4, -0.2) is 10.4 Å². The minimum Gasteiger partial charge on any atom is -0.388 e. The molecule has 0 aromatic heterocycles. The molecule has 0 spiro atoms. The van der Waals surface area contributed by atoms with Crippen LogP contribution >= 0.6 is 15.9 Å². The lowest BCUT2D eigenvalue weighted by Gasteiger charge is -2.35. The normalized spacial score (nSPS) is 22.9. The summed E-state index contributed by atoms with van der Waals surface area (Å²) in [5.74, 6) is 0. The second kappa shape index (κ2) is 4.50. The number of halogens is 1. The number of aryl methyl sites for hydroxylation is 1. The van der Waals surface area contributed by atoms with E-state index in [1.165, 1.54) is 11.1 Å². The second-order valence-corrected chi connectivity index (χ2v) is 6.09. The van der Waals surface area contributed by atoms with Crippen molar-refractivity contribution in [3.63, 3.8) is 0 Å². The van der Waals surface area contributed by atoms with Crippen molar-refractivity contribution in [3.8, 4) is 0 Å². The highest BCUT2D eigenvalue weighted by molar-refractivity contribution is 9.09. The molecule has 1 atom stereocenters. The molecule has 0 heterocycles. The van der Waals surface area contributed by atoms with Crippen LogP contribution in [0.4, 0.5) is 0 Å². The van der Waals surface area contributed by atoms with Gasteiger partial charge in [0, 0.05) is 5.33 Å². The minimum absolute atomic E-state index is 0.205. The second-order valence-electron chi connectivity index (χ2n) is 5.30. The maximum Gasteiger partial charge on any atom is 0.0793 e. The lowest BCUT2D eigenvalue weighted by atomic mass is 9.71. The zero-order chi connectivity index (χ0) is 11.8. The number of benzene rings is 1. The Kier molecular flexibility index (Phi) is 3.41. The Morgan fingerprint density at radius 1 is 1.44 bits per heavy atom. The highest BCUT2D eigenvalue weighted by Gasteiger charge is 2.31. The van der Waals surface area contributed by atoms with Gasteiger partial charge in [-0.2, -0.15) is 0 Å². The molecular weight excluding hydrogens is 264 g/mol. The molecule has 0 fully saturated rings. The summed E-state index contributed by atoms with van der Waals surface area (Å²) >= 11 is 3.47. The maximum atomic E-state index is 10.0. The van der Waals surface area contributed by atoms with Gasteiger partial charge in [0.2, 0.25) is 0 Å². The Morgan fingerprint density at radius 3 is 2.88 bits per heavy atom. The molecule has 2 heteroatoms. The summed E-state index contributed by atoms with van der Waals surface area (Å²) in [7, 11) is 0. The standard InChI is InChI=1S/C14H19BrO/c1-14(2)7-5-13(16)11-4-3-10(6-8-15)9-12(11)14/h3-4,9,13,16H,5-8H2,1-2H3. The average Bonchev–Trinajstić information content (AvgIpc) is 2.25. The molecule has 1 unspecified atom stereocenters.